The van der Waals surface area contributed by atoms with Gasteiger partial charge in [-0.15, -0.1) is 0 Å². The molecule has 0 aliphatic carbocycles. The Morgan fingerprint density at radius 2 is 2.00 bits per heavy atom. The van der Waals surface area contributed by atoms with Crippen LogP contribution in [0.5, 0.6) is 0 Å². The second-order valence-corrected chi connectivity index (χ2v) is 5.56. The molecule has 2 rings (SSSR count). The summed E-state index contributed by atoms with van der Waals surface area (Å²) in [5.41, 5.74) is 1.25. The maximum atomic E-state index is 4.36. The van der Waals surface area contributed by atoms with Crippen LogP contribution in [0.2, 0.25) is 0 Å². The Kier molecular flexibility index (Phi) is 4.18. The van der Waals surface area contributed by atoms with Gasteiger partial charge in [0.15, 0.2) is 0 Å². The van der Waals surface area contributed by atoms with Gasteiger partial charge in [-0.25, -0.2) is 4.98 Å². The lowest BCUT2D eigenvalue weighted by atomic mass is 10.2. The lowest BCUT2D eigenvalue weighted by molar-refractivity contribution is 0.893. The first kappa shape index (κ1) is 12.6. The molecule has 0 aliphatic rings. The molecular formula is C13H12Br2N2. The zero-order valence-electron chi connectivity index (χ0n) is 9.40. The second kappa shape index (κ2) is 5.65. The van der Waals surface area contributed by atoms with Crippen LogP contribution in [0.3, 0.4) is 0 Å². The highest BCUT2D eigenvalue weighted by atomic mass is 79.9. The highest BCUT2D eigenvalue weighted by Gasteiger charge is 2.07. The van der Waals surface area contributed by atoms with E-state index >= 15 is 0 Å². The summed E-state index contributed by atoms with van der Waals surface area (Å²) < 4.78 is 2.11. The van der Waals surface area contributed by atoms with Crippen LogP contribution in [-0.2, 0) is 6.54 Å². The first-order valence-electron chi connectivity index (χ1n) is 5.23. The van der Waals surface area contributed by atoms with Crippen molar-refractivity contribution in [1.82, 2.24) is 4.98 Å². The maximum Gasteiger partial charge on any atom is 0.142 e. The largest absolute Gasteiger partial charge is 0.354 e. The van der Waals surface area contributed by atoms with Crippen LogP contribution in [0, 0.1) is 0 Å². The van der Waals surface area contributed by atoms with Gasteiger partial charge in [0, 0.05) is 24.3 Å². The van der Waals surface area contributed by atoms with E-state index < -0.39 is 0 Å². The van der Waals surface area contributed by atoms with Gasteiger partial charge in [0.05, 0.1) is 4.47 Å². The van der Waals surface area contributed by atoms with E-state index in [0.717, 1.165) is 21.3 Å². The molecule has 88 valence electrons. The molecule has 0 aliphatic heterocycles. The molecule has 17 heavy (non-hydrogen) atoms. The number of hydrogen-bond acceptors (Lipinski definition) is 2. The van der Waals surface area contributed by atoms with Gasteiger partial charge in [0.1, 0.15) is 5.82 Å². The van der Waals surface area contributed by atoms with Crippen LogP contribution in [0.4, 0.5) is 5.82 Å². The molecule has 1 aromatic carbocycles. The normalized spacial score (nSPS) is 10.3. The molecule has 1 heterocycles. The molecule has 0 fully saturated rings. The first-order valence-corrected chi connectivity index (χ1v) is 6.81. The number of rotatable bonds is 3. The summed E-state index contributed by atoms with van der Waals surface area (Å²) in [5.74, 6) is 0.951. The molecule has 1 aromatic heterocycles. The number of pyridine rings is 1. The standard InChI is InChI=1S/C13H12Br2N2/c1-17(13-12(15)6-3-7-16-13)9-10-4-2-5-11(14)8-10/h2-8H,9H2,1H3. The van der Waals surface area contributed by atoms with Crippen molar-refractivity contribution in [3.63, 3.8) is 0 Å². The van der Waals surface area contributed by atoms with Crippen molar-refractivity contribution < 1.29 is 0 Å². The van der Waals surface area contributed by atoms with E-state index in [0.29, 0.717) is 0 Å². The van der Waals surface area contributed by atoms with Crippen LogP contribution in [0.15, 0.2) is 51.5 Å². The molecule has 0 unspecified atom stereocenters. The van der Waals surface area contributed by atoms with E-state index in [9.17, 15) is 0 Å². The smallest absolute Gasteiger partial charge is 0.142 e. The van der Waals surface area contributed by atoms with Crippen LogP contribution in [0.25, 0.3) is 0 Å². The van der Waals surface area contributed by atoms with E-state index in [1.165, 1.54) is 5.56 Å². The fourth-order valence-corrected chi connectivity index (χ4v) is 2.65. The summed E-state index contributed by atoms with van der Waals surface area (Å²) in [6, 6.07) is 12.2. The summed E-state index contributed by atoms with van der Waals surface area (Å²) >= 11 is 6.99. The number of hydrogen-bond donors (Lipinski definition) is 0. The molecule has 0 bridgehead atoms. The number of aromatic nitrogens is 1. The van der Waals surface area contributed by atoms with Crippen LogP contribution >= 0.6 is 31.9 Å². The Labute approximate surface area is 118 Å². The average molecular weight is 356 g/mol. The third-order valence-electron chi connectivity index (χ3n) is 2.41. The molecule has 2 aromatic rings. The molecule has 4 heteroatoms. The van der Waals surface area contributed by atoms with Crippen molar-refractivity contribution in [2.75, 3.05) is 11.9 Å². The second-order valence-electron chi connectivity index (χ2n) is 3.79. The average Bonchev–Trinajstić information content (AvgIpc) is 2.29. The SMILES string of the molecule is CN(Cc1cccc(Br)c1)c1ncccc1Br. The molecule has 0 amide bonds. The Bertz CT molecular complexity index is 514. The summed E-state index contributed by atoms with van der Waals surface area (Å²) in [6.07, 6.45) is 1.80. The van der Waals surface area contributed by atoms with E-state index in [2.05, 4.69) is 53.9 Å². The van der Waals surface area contributed by atoms with Crippen molar-refractivity contribution in [2.24, 2.45) is 0 Å². The minimum atomic E-state index is 0.828. The van der Waals surface area contributed by atoms with Crippen molar-refractivity contribution in [3.05, 3.63) is 57.1 Å². The van der Waals surface area contributed by atoms with Crippen molar-refractivity contribution >= 4 is 37.7 Å². The fraction of sp³-hybridized carbons (Fsp3) is 0.154. The molecule has 0 saturated carbocycles. The lowest BCUT2D eigenvalue weighted by Crippen LogP contribution is -2.18. The van der Waals surface area contributed by atoms with Crippen LogP contribution in [0.1, 0.15) is 5.56 Å². The third kappa shape index (κ3) is 3.30. The molecule has 0 saturated heterocycles. The van der Waals surface area contributed by atoms with Gasteiger partial charge in [-0.2, -0.15) is 0 Å². The number of anilines is 1. The molecule has 0 radical (unpaired) electrons. The molecule has 0 atom stereocenters. The third-order valence-corrected chi connectivity index (χ3v) is 3.52. The van der Waals surface area contributed by atoms with Crippen LogP contribution in [-0.4, -0.2) is 12.0 Å². The molecule has 0 spiro atoms. The van der Waals surface area contributed by atoms with Crippen molar-refractivity contribution in [3.8, 4) is 0 Å². The Morgan fingerprint density at radius 3 is 2.71 bits per heavy atom. The van der Waals surface area contributed by atoms with Gasteiger partial charge in [-0.05, 0) is 45.8 Å². The molecule has 0 N–H and O–H groups in total. The lowest BCUT2D eigenvalue weighted by Gasteiger charge is -2.19. The van der Waals surface area contributed by atoms with E-state index in [4.69, 9.17) is 0 Å². The Hall–Kier alpha value is -0.870. The zero-order chi connectivity index (χ0) is 12.3. The topological polar surface area (TPSA) is 16.1 Å². The van der Waals surface area contributed by atoms with E-state index in [1.54, 1.807) is 6.20 Å². The minimum Gasteiger partial charge on any atom is -0.354 e. The highest BCUT2D eigenvalue weighted by molar-refractivity contribution is 9.10. The Morgan fingerprint density at radius 1 is 1.18 bits per heavy atom. The monoisotopic (exact) mass is 354 g/mol. The van der Waals surface area contributed by atoms with E-state index in [-0.39, 0.29) is 0 Å². The summed E-state index contributed by atoms with van der Waals surface area (Å²) in [6.45, 7) is 0.828. The van der Waals surface area contributed by atoms with E-state index in [1.807, 2.05) is 31.3 Å². The van der Waals surface area contributed by atoms with Gasteiger partial charge in [-0.1, -0.05) is 28.1 Å². The van der Waals surface area contributed by atoms with Crippen LogP contribution < -0.4 is 4.90 Å². The molecule has 2 nitrogen and oxygen atoms in total. The van der Waals surface area contributed by atoms with Gasteiger partial charge < -0.3 is 4.90 Å². The minimum absolute atomic E-state index is 0.828. The van der Waals surface area contributed by atoms with Gasteiger partial charge in [0.2, 0.25) is 0 Å². The van der Waals surface area contributed by atoms with Crippen molar-refractivity contribution in [2.45, 2.75) is 6.54 Å². The highest BCUT2D eigenvalue weighted by Crippen LogP contribution is 2.23. The number of halogens is 2. The number of nitrogens with zero attached hydrogens (tertiary/aromatic N) is 2. The zero-order valence-corrected chi connectivity index (χ0v) is 12.6. The predicted octanol–water partition coefficient (Wildman–Crippen LogP) is 4.24. The van der Waals surface area contributed by atoms with Crippen molar-refractivity contribution in [1.29, 1.82) is 0 Å². The predicted molar refractivity (Wildman–Crippen MR) is 78.2 cm³/mol. The van der Waals surface area contributed by atoms with Gasteiger partial charge in [-0.3, -0.25) is 0 Å². The Balaban J connectivity index is 2.17. The summed E-state index contributed by atoms with van der Waals surface area (Å²) in [4.78, 5) is 6.48. The maximum absolute atomic E-state index is 4.36. The molecular weight excluding hydrogens is 344 g/mol. The fourth-order valence-electron chi connectivity index (χ4n) is 1.64. The van der Waals surface area contributed by atoms with Gasteiger partial charge in [0.25, 0.3) is 0 Å². The summed E-state index contributed by atoms with van der Waals surface area (Å²) in [7, 11) is 2.04. The number of benzene rings is 1. The van der Waals surface area contributed by atoms with Gasteiger partial charge >= 0.3 is 0 Å². The first-order chi connectivity index (χ1) is 8.16. The quantitative estimate of drug-likeness (QED) is 0.818. The summed E-state index contributed by atoms with van der Waals surface area (Å²) in [5, 5.41) is 0.